The number of thiocarbonyl (C=S) groups is 1. The van der Waals surface area contributed by atoms with Crippen LogP contribution in [0.3, 0.4) is 0 Å². The first-order chi connectivity index (χ1) is 13.2. The Balaban J connectivity index is 1.64. The largest absolute Gasteiger partial charge is 0.332 e. The summed E-state index contributed by atoms with van der Waals surface area (Å²) in [5.41, 5.74) is 2.98. The third kappa shape index (κ3) is 5.38. The molecule has 0 bridgehead atoms. The summed E-state index contributed by atoms with van der Waals surface area (Å²) in [7, 11) is -3.72. The van der Waals surface area contributed by atoms with Gasteiger partial charge in [-0.25, -0.2) is 13.6 Å². The molecule has 0 saturated carbocycles. The van der Waals surface area contributed by atoms with E-state index in [0.717, 1.165) is 10.0 Å². The van der Waals surface area contributed by atoms with Gasteiger partial charge in [-0.1, -0.05) is 29.8 Å². The number of sulfonamides is 1. The first-order valence-corrected chi connectivity index (χ1v) is 10.9. The number of primary sulfonamides is 1. The summed E-state index contributed by atoms with van der Waals surface area (Å²) in [6.45, 7) is 2.68. The lowest BCUT2D eigenvalue weighted by Gasteiger charge is -2.09. The molecule has 1 heterocycles. The molecule has 2 aromatic carbocycles. The van der Waals surface area contributed by atoms with Gasteiger partial charge in [-0.3, -0.25) is 4.68 Å². The molecular formula is C18H18BrN5O2S2. The number of nitrogens with two attached hydrogens (primary N) is 1. The molecule has 0 radical (unpaired) electrons. The lowest BCUT2D eigenvalue weighted by molar-refractivity contribution is 0.598. The summed E-state index contributed by atoms with van der Waals surface area (Å²) in [5.74, 6) is 0.575. The Morgan fingerprint density at radius 1 is 1.14 bits per heavy atom. The summed E-state index contributed by atoms with van der Waals surface area (Å²) in [5, 5.41) is 15.9. The van der Waals surface area contributed by atoms with E-state index in [1.807, 2.05) is 13.1 Å². The average molecular weight is 480 g/mol. The molecule has 0 aliphatic carbocycles. The SMILES string of the molecule is Cc1ccc(Cn2cc(Br)c(NC(=S)Nc3ccc(S(N)(=O)=O)cc3)n2)cc1. The molecular weight excluding hydrogens is 462 g/mol. The number of hydrogen-bond acceptors (Lipinski definition) is 4. The second-order valence-electron chi connectivity index (χ2n) is 6.16. The Kier molecular flexibility index (Phi) is 6.14. The highest BCUT2D eigenvalue weighted by molar-refractivity contribution is 9.10. The van der Waals surface area contributed by atoms with E-state index in [4.69, 9.17) is 17.4 Å². The van der Waals surface area contributed by atoms with Crippen LogP contribution in [0, 0.1) is 6.92 Å². The highest BCUT2D eigenvalue weighted by atomic mass is 79.9. The van der Waals surface area contributed by atoms with Crippen LogP contribution in [0.15, 0.2) is 64.1 Å². The van der Waals surface area contributed by atoms with Gasteiger partial charge in [0.05, 0.1) is 15.9 Å². The van der Waals surface area contributed by atoms with E-state index in [9.17, 15) is 8.42 Å². The van der Waals surface area contributed by atoms with Crippen molar-refractivity contribution < 1.29 is 8.42 Å². The molecule has 7 nitrogen and oxygen atoms in total. The summed E-state index contributed by atoms with van der Waals surface area (Å²) in [6, 6.07) is 14.2. The van der Waals surface area contributed by atoms with Crippen molar-refractivity contribution in [3.63, 3.8) is 0 Å². The van der Waals surface area contributed by atoms with Gasteiger partial charge in [-0.05, 0) is 64.9 Å². The Hall–Kier alpha value is -2.27. The van der Waals surface area contributed by atoms with Crippen molar-refractivity contribution >= 4 is 54.8 Å². The van der Waals surface area contributed by atoms with E-state index >= 15 is 0 Å². The molecule has 1 aromatic heterocycles. The predicted molar refractivity (Wildman–Crippen MR) is 118 cm³/mol. The van der Waals surface area contributed by atoms with Crippen molar-refractivity contribution in [2.75, 3.05) is 10.6 Å². The lowest BCUT2D eigenvalue weighted by atomic mass is 10.1. The molecule has 0 aliphatic rings. The zero-order valence-corrected chi connectivity index (χ0v) is 18.1. The second kappa shape index (κ2) is 8.39. The number of halogens is 1. The average Bonchev–Trinajstić information content (AvgIpc) is 2.95. The summed E-state index contributed by atoms with van der Waals surface area (Å²) in [6.07, 6.45) is 1.87. The Morgan fingerprint density at radius 3 is 2.39 bits per heavy atom. The minimum absolute atomic E-state index is 0.0366. The van der Waals surface area contributed by atoms with E-state index < -0.39 is 10.0 Å². The standard InChI is InChI=1S/C18H18BrN5O2S2/c1-12-2-4-13(5-3-12)10-24-11-16(19)17(23-24)22-18(27)21-14-6-8-15(9-7-14)28(20,25)26/h2-9,11H,10H2,1H3,(H2,20,25,26)(H2,21,22,23,27). The van der Waals surface area contributed by atoms with Crippen molar-refractivity contribution in [1.29, 1.82) is 0 Å². The normalized spacial score (nSPS) is 11.2. The number of benzene rings is 2. The Labute approximate surface area is 177 Å². The van der Waals surface area contributed by atoms with Crippen LogP contribution in [0.4, 0.5) is 11.5 Å². The van der Waals surface area contributed by atoms with E-state index in [-0.39, 0.29) is 4.90 Å². The summed E-state index contributed by atoms with van der Waals surface area (Å²) in [4.78, 5) is 0.0366. The molecule has 0 spiro atoms. The molecule has 0 fully saturated rings. The predicted octanol–water partition coefficient (Wildman–Crippen LogP) is 3.46. The van der Waals surface area contributed by atoms with Crippen molar-refractivity contribution in [3.05, 3.63) is 70.3 Å². The molecule has 0 saturated heterocycles. The van der Waals surface area contributed by atoms with Crippen molar-refractivity contribution in [2.24, 2.45) is 5.14 Å². The third-order valence-corrected chi connectivity index (χ3v) is 5.57. The van der Waals surface area contributed by atoms with Gasteiger partial charge in [0, 0.05) is 11.9 Å². The highest BCUT2D eigenvalue weighted by Crippen LogP contribution is 2.21. The summed E-state index contributed by atoms with van der Waals surface area (Å²) >= 11 is 8.78. The molecule has 3 aromatic rings. The highest BCUT2D eigenvalue weighted by Gasteiger charge is 2.10. The second-order valence-corrected chi connectivity index (χ2v) is 8.98. The van der Waals surface area contributed by atoms with Crippen LogP contribution < -0.4 is 15.8 Å². The Bertz CT molecular complexity index is 1090. The van der Waals surface area contributed by atoms with E-state index in [0.29, 0.717) is 23.2 Å². The Morgan fingerprint density at radius 2 is 1.79 bits per heavy atom. The molecule has 3 rings (SSSR count). The van der Waals surface area contributed by atoms with Gasteiger partial charge < -0.3 is 10.6 Å². The maximum atomic E-state index is 11.3. The van der Waals surface area contributed by atoms with Gasteiger partial charge in [-0.15, -0.1) is 0 Å². The smallest absolute Gasteiger partial charge is 0.238 e. The van der Waals surface area contributed by atoms with Crippen LogP contribution in [0.2, 0.25) is 0 Å². The zero-order chi connectivity index (χ0) is 20.3. The van der Waals surface area contributed by atoms with Crippen molar-refractivity contribution in [1.82, 2.24) is 9.78 Å². The number of aromatic nitrogens is 2. The minimum atomic E-state index is -3.72. The monoisotopic (exact) mass is 479 g/mol. The fourth-order valence-corrected chi connectivity index (χ4v) is 3.59. The van der Waals surface area contributed by atoms with Crippen LogP contribution in [0.5, 0.6) is 0 Å². The quantitative estimate of drug-likeness (QED) is 0.484. The van der Waals surface area contributed by atoms with E-state index in [2.05, 4.69) is 55.9 Å². The lowest BCUT2D eigenvalue weighted by Crippen LogP contribution is -2.20. The zero-order valence-electron chi connectivity index (χ0n) is 14.9. The van der Waals surface area contributed by atoms with Crippen LogP contribution in [0.1, 0.15) is 11.1 Å². The maximum Gasteiger partial charge on any atom is 0.238 e. The summed E-state index contributed by atoms with van der Waals surface area (Å²) < 4.78 is 25.2. The van der Waals surface area contributed by atoms with E-state index in [1.165, 1.54) is 17.7 Å². The molecule has 0 atom stereocenters. The number of hydrogen-bond donors (Lipinski definition) is 3. The number of aryl methyl sites for hydroxylation is 1. The maximum absolute atomic E-state index is 11.3. The van der Waals surface area contributed by atoms with Crippen LogP contribution in [-0.4, -0.2) is 23.3 Å². The number of nitrogens with zero attached hydrogens (tertiary/aromatic N) is 2. The van der Waals surface area contributed by atoms with Gasteiger partial charge in [-0.2, -0.15) is 5.10 Å². The first kappa shape index (κ1) is 20.5. The topological polar surface area (TPSA) is 102 Å². The van der Waals surface area contributed by atoms with E-state index in [1.54, 1.807) is 16.8 Å². The van der Waals surface area contributed by atoms with Crippen LogP contribution >= 0.6 is 28.1 Å². The van der Waals surface area contributed by atoms with Crippen LogP contribution in [0.25, 0.3) is 0 Å². The molecule has 0 aliphatic heterocycles. The molecule has 0 unspecified atom stereocenters. The number of rotatable bonds is 5. The van der Waals surface area contributed by atoms with Gasteiger partial charge in [0.1, 0.15) is 0 Å². The third-order valence-electron chi connectivity index (χ3n) is 3.85. The number of nitrogens with one attached hydrogen (secondary N) is 2. The van der Waals surface area contributed by atoms with Crippen molar-refractivity contribution in [3.8, 4) is 0 Å². The molecule has 4 N–H and O–H groups in total. The van der Waals surface area contributed by atoms with Gasteiger partial charge in [0.25, 0.3) is 0 Å². The van der Waals surface area contributed by atoms with Gasteiger partial charge in [0.15, 0.2) is 10.9 Å². The van der Waals surface area contributed by atoms with Gasteiger partial charge >= 0.3 is 0 Å². The fourth-order valence-electron chi connectivity index (χ4n) is 2.44. The fraction of sp³-hybridized carbons (Fsp3) is 0.111. The molecule has 10 heteroatoms. The minimum Gasteiger partial charge on any atom is -0.332 e. The first-order valence-electron chi connectivity index (χ1n) is 8.20. The van der Waals surface area contributed by atoms with Crippen LogP contribution in [-0.2, 0) is 16.6 Å². The number of anilines is 2. The molecule has 0 amide bonds. The molecule has 146 valence electrons. The molecule has 28 heavy (non-hydrogen) atoms. The van der Waals surface area contributed by atoms with Gasteiger partial charge in [0.2, 0.25) is 10.0 Å². The van der Waals surface area contributed by atoms with Crippen molar-refractivity contribution in [2.45, 2.75) is 18.4 Å².